The molecule has 0 spiro atoms. The van der Waals surface area contributed by atoms with Crippen LogP contribution in [-0.4, -0.2) is 44.9 Å². The third-order valence-corrected chi connectivity index (χ3v) is 1.71. The Bertz CT molecular complexity index is 97.2. The fourth-order valence-corrected chi connectivity index (χ4v) is 1.16. The van der Waals surface area contributed by atoms with Crippen molar-refractivity contribution in [1.29, 1.82) is 0 Å². The van der Waals surface area contributed by atoms with Crippen LogP contribution in [0.5, 0.6) is 0 Å². The van der Waals surface area contributed by atoms with Gasteiger partial charge in [-0.05, 0) is 6.42 Å². The van der Waals surface area contributed by atoms with Crippen LogP contribution in [0.4, 0.5) is 0 Å². The van der Waals surface area contributed by atoms with E-state index in [1.165, 1.54) is 0 Å². The third kappa shape index (κ3) is 1.51. The molecule has 1 rings (SSSR count). The lowest BCUT2D eigenvalue weighted by atomic mass is 9.96. The summed E-state index contributed by atoms with van der Waals surface area (Å²) in [7, 11) is 7.05. The molecule has 1 aliphatic rings. The fourth-order valence-electron chi connectivity index (χ4n) is 1.16. The lowest BCUT2D eigenvalue weighted by Crippen LogP contribution is -2.26. The van der Waals surface area contributed by atoms with E-state index in [1.807, 2.05) is 0 Å². The SMILES string of the molecule is [B]C1C[C@@H](OC)[C@@H](CO)O1. The van der Waals surface area contributed by atoms with Crippen LogP contribution in [0.3, 0.4) is 0 Å². The van der Waals surface area contributed by atoms with Crippen molar-refractivity contribution < 1.29 is 14.6 Å². The van der Waals surface area contributed by atoms with E-state index in [4.69, 9.17) is 22.4 Å². The minimum atomic E-state index is -0.276. The van der Waals surface area contributed by atoms with Crippen molar-refractivity contribution in [3.05, 3.63) is 0 Å². The van der Waals surface area contributed by atoms with Gasteiger partial charge in [0.05, 0.1) is 12.7 Å². The van der Waals surface area contributed by atoms with Gasteiger partial charge in [0, 0.05) is 13.1 Å². The number of rotatable bonds is 2. The minimum Gasteiger partial charge on any atom is -0.394 e. The first-order valence-corrected chi connectivity index (χ1v) is 3.32. The highest BCUT2D eigenvalue weighted by molar-refractivity contribution is 6.11. The van der Waals surface area contributed by atoms with Gasteiger partial charge in [0.1, 0.15) is 14.0 Å². The molecule has 3 atom stereocenters. The Labute approximate surface area is 61.7 Å². The summed E-state index contributed by atoms with van der Waals surface area (Å²) in [6, 6.07) is -0.276. The van der Waals surface area contributed by atoms with E-state index in [9.17, 15) is 0 Å². The predicted molar refractivity (Wildman–Crippen MR) is 36.9 cm³/mol. The van der Waals surface area contributed by atoms with Crippen molar-refractivity contribution in [2.75, 3.05) is 13.7 Å². The summed E-state index contributed by atoms with van der Waals surface area (Å²) in [4.78, 5) is 0. The maximum absolute atomic E-state index is 8.72. The van der Waals surface area contributed by atoms with Crippen LogP contribution in [-0.2, 0) is 9.47 Å². The third-order valence-electron chi connectivity index (χ3n) is 1.71. The Morgan fingerprint density at radius 2 is 2.50 bits per heavy atom. The number of ether oxygens (including phenoxy) is 2. The van der Waals surface area contributed by atoms with E-state index in [0.29, 0.717) is 6.42 Å². The van der Waals surface area contributed by atoms with Crippen LogP contribution in [0.1, 0.15) is 6.42 Å². The summed E-state index contributed by atoms with van der Waals surface area (Å²) in [6.07, 6.45) is 0.391. The van der Waals surface area contributed by atoms with Gasteiger partial charge in [-0.3, -0.25) is 0 Å². The second kappa shape index (κ2) is 3.37. The summed E-state index contributed by atoms with van der Waals surface area (Å²) in [5.41, 5.74) is 0. The zero-order valence-corrected chi connectivity index (χ0v) is 5.99. The highest BCUT2D eigenvalue weighted by Crippen LogP contribution is 2.19. The summed E-state index contributed by atoms with van der Waals surface area (Å²) in [5, 5.41) is 8.72. The number of aliphatic hydroxyl groups is 1. The molecule has 1 unspecified atom stereocenters. The molecule has 0 bridgehead atoms. The highest BCUT2D eigenvalue weighted by Gasteiger charge is 2.31. The molecule has 0 aliphatic carbocycles. The molecule has 56 valence electrons. The number of aliphatic hydroxyl groups excluding tert-OH is 1. The quantitative estimate of drug-likeness (QED) is 0.517. The molecule has 1 heterocycles. The second-order valence-electron chi connectivity index (χ2n) is 2.41. The first-order valence-electron chi connectivity index (χ1n) is 3.32. The van der Waals surface area contributed by atoms with E-state index in [2.05, 4.69) is 0 Å². The minimum absolute atomic E-state index is 0.0216. The number of hydrogen-bond donors (Lipinski definition) is 1. The molecule has 0 aromatic rings. The van der Waals surface area contributed by atoms with Crippen molar-refractivity contribution >= 4 is 7.85 Å². The van der Waals surface area contributed by atoms with Gasteiger partial charge in [0.25, 0.3) is 0 Å². The molecule has 0 saturated carbocycles. The Balaban J connectivity index is 2.41. The van der Waals surface area contributed by atoms with Gasteiger partial charge in [-0.15, -0.1) is 0 Å². The van der Waals surface area contributed by atoms with Crippen LogP contribution >= 0.6 is 0 Å². The first kappa shape index (κ1) is 8.05. The zero-order chi connectivity index (χ0) is 7.56. The summed E-state index contributed by atoms with van der Waals surface area (Å²) >= 11 is 0. The number of methoxy groups -OCH3 is 1. The molecule has 0 amide bonds. The molecule has 1 aliphatic heterocycles. The Kier molecular flexibility index (Phi) is 2.71. The monoisotopic (exact) mass is 142 g/mol. The van der Waals surface area contributed by atoms with Gasteiger partial charge in [-0.2, -0.15) is 0 Å². The normalized spacial score (nSPS) is 40.4. The average molecular weight is 142 g/mol. The van der Waals surface area contributed by atoms with Crippen molar-refractivity contribution in [2.24, 2.45) is 0 Å². The second-order valence-corrected chi connectivity index (χ2v) is 2.41. The molecule has 10 heavy (non-hydrogen) atoms. The lowest BCUT2D eigenvalue weighted by molar-refractivity contribution is -0.0205. The molecule has 3 nitrogen and oxygen atoms in total. The van der Waals surface area contributed by atoms with Gasteiger partial charge < -0.3 is 14.6 Å². The van der Waals surface area contributed by atoms with E-state index in [-0.39, 0.29) is 24.8 Å². The summed E-state index contributed by atoms with van der Waals surface area (Å²) < 4.78 is 10.1. The van der Waals surface area contributed by atoms with Crippen molar-refractivity contribution in [1.82, 2.24) is 0 Å². The topological polar surface area (TPSA) is 38.7 Å². The highest BCUT2D eigenvalue weighted by atomic mass is 16.6. The van der Waals surface area contributed by atoms with Crippen LogP contribution in [0.25, 0.3) is 0 Å². The zero-order valence-electron chi connectivity index (χ0n) is 5.99. The average Bonchev–Trinajstić information content (AvgIpc) is 2.30. The van der Waals surface area contributed by atoms with Gasteiger partial charge in [-0.1, -0.05) is 0 Å². The maximum atomic E-state index is 8.72. The standard InChI is InChI=1S/C6H11BO3/c1-9-4-2-6(7)10-5(4)3-8/h4-6,8H,2-3H2,1H3/t4-,5-,6?/m1/s1. The molecule has 4 heteroatoms. The summed E-state index contributed by atoms with van der Waals surface area (Å²) in [6.45, 7) is -0.0216. The van der Waals surface area contributed by atoms with Crippen LogP contribution in [0.2, 0.25) is 0 Å². The Morgan fingerprint density at radius 3 is 2.90 bits per heavy atom. The van der Waals surface area contributed by atoms with E-state index >= 15 is 0 Å². The van der Waals surface area contributed by atoms with Gasteiger partial charge >= 0.3 is 0 Å². The van der Waals surface area contributed by atoms with Crippen molar-refractivity contribution in [3.63, 3.8) is 0 Å². The van der Waals surface area contributed by atoms with E-state index in [1.54, 1.807) is 7.11 Å². The largest absolute Gasteiger partial charge is 0.394 e. The summed E-state index contributed by atoms with van der Waals surface area (Å²) in [5.74, 6) is 0. The Hall–Kier alpha value is -0.0551. The lowest BCUT2D eigenvalue weighted by Gasteiger charge is -2.13. The molecular formula is C6H11BO3. The molecule has 1 saturated heterocycles. The molecule has 0 aromatic carbocycles. The smallest absolute Gasteiger partial charge is 0.109 e. The van der Waals surface area contributed by atoms with Crippen LogP contribution < -0.4 is 0 Å². The van der Waals surface area contributed by atoms with Crippen molar-refractivity contribution in [2.45, 2.75) is 24.6 Å². The predicted octanol–water partition coefficient (Wildman–Crippen LogP) is -0.723. The van der Waals surface area contributed by atoms with Crippen molar-refractivity contribution in [3.8, 4) is 0 Å². The van der Waals surface area contributed by atoms with E-state index in [0.717, 1.165) is 0 Å². The maximum Gasteiger partial charge on any atom is 0.109 e. The fraction of sp³-hybridized carbons (Fsp3) is 1.00. The van der Waals surface area contributed by atoms with Gasteiger partial charge in [0.15, 0.2) is 0 Å². The van der Waals surface area contributed by atoms with Crippen LogP contribution in [0.15, 0.2) is 0 Å². The molecule has 2 radical (unpaired) electrons. The number of hydrogen-bond acceptors (Lipinski definition) is 3. The molecule has 1 N–H and O–H groups in total. The van der Waals surface area contributed by atoms with Crippen LogP contribution in [0, 0.1) is 0 Å². The molecular weight excluding hydrogens is 131 g/mol. The van der Waals surface area contributed by atoms with Gasteiger partial charge in [-0.25, -0.2) is 0 Å². The van der Waals surface area contributed by atoms with Gasteiger partial charge in [0.2, 0.25) is 0 Å². The molecule has 1 fully saturated rings. The molecule has 0 aromatic heterocycles. The Morgan fingerprint density at radius 1 is 1.80 bits per heavy atom. The van der Waals surface area contributed by atoms with E-state index < -0.39 is 0 Å². The first-order chi connectivity index (χ1) is 4.77.